The molecule has 0 aromatic heterocycles. The molecule has 1 aliphatic carbocycles. The van der Waals surface area contributed by atoms with Gasteiger partial charge in [0, 0.05) is 11.5 Å². The lowest BCUT2D eigenvalue weighted by Gasteiger charge is -2.35. The Balaban J connectivity index is 2.00. The molecule has 2 heteroatoms. The molecule has 0 nitrogen and oxygen atoms in total. The van der Waals surface area contributed by atoms with E-state index in [4.69, 9.17) is 0 Å². The van der Waals surface area contributed by atoms with Crippen molar-refractivity contribution < 1.29 is 8.78 Å². The summed E-state index contributed by atoms with van der Waals surface area (Å²) in [6.45, 7) is 4.30. The van der Waals surface area contributed by atoms with Crippen LogP contribution in [0, 0.1) is 0 Å². The second-order valence-corrected chi connectivity index (χ2v) is 8.46. The van der Waals surface area contributed by atoms with E-state index in [1.54, 1.807) is 6.08 Å². The number of unbranched alkanes of at least 4 members (excludes halogenated alkanes) is 4. The van der Waals surface area contributed by atoms with Crippen molar-refractivity contribution in [1.29, 1.82) is 0 Å². The molecular formula is C28H34F2. The standard InChI is InChI=1S/C28H34F2/c1-3-5-8-14-22-17-11-12-18-24(22)26-20-27(29)25(23-15-9-7-10-16-23)21-28(26,30)19-13-6-4-2/h7,9-12,15-18,20-21,26H,3-6,8,13-14,19H2,1-2H3. The first-order chi connectivity index (χ1) is 14.6. The van der Waals surface area contributed by atoms with Gasteiger partial charge in [-0.3, -0.25) is 0 Å². The number of benzene rings is 2. The molecule has 1 aliphatic rings. The van der Waals surface area contributed by atoms with Gasteiger partial charge in [0.1, 0.15) is 11.5 Å². The smallest absolute Gasteiger partial charge is 0.140 e. The highest BCUT2D eigenvalue weighted by Gasteiger charge is 2.41. The summed E-state index contributed by atoms with van der Waals surface area (Å²) >= 11 is 0. The predicted molar refractivity (Wildman–Crippen MR) is 124 cm³/mol. The SMILES string of the molecule is CCCCCc1ccccc1C1C=C(F)C(c2ccccc2)=CC1(F)CCCCC. The van der Waals surface area contributed by atoms with Gasteiger partial charge in [-0.2, -0.15) is 0 Å². The third-order valence-electron chi connectivity index (χ3n) is 6.16. The fourth-order valence-corrected chi connectivity index (χ4v) is 4.46. The third kappa shape index (κ3) is 5.28. The summed E-state index contributed by atoms with van der Waals surface area (Å²) in [5.41, 5.74) is 1.62. The summed E-state index contributed by atoms with van der Waals surface area (Å²) in [5, 5.41) is 0. The maximum Gasteiger partial charge on any atom is 0.140 e. The van der Waals surface area contributed by atoms with Crippen LogP contribution in [0.4, 0.5) is 8.78 Å². The van der Waals surface area contributed by atoms with Crippen molar-refractivity contribution in [2.75, 3.05) is 0 Å². The Hall–Kier alpha value is -2.22. The molecule has 0 saturated heterocycles. The summed E-state index contributed by atoms with van der Waals surface area (Å²) in [4.78, 5) is 0. The number of hydrogen-bond donors (Lipinski definition) is 0. The van der Waals surface area contributed by atoms with E-state index in [-0.39, 0.29) is 5.83 Å². The first-order valence-electron chi connectivity index (χ1n) is 11.5. The van der Waals surface area contributed by atoms with Crippen molar-refractivity contribution in [2.45, 2.75) is 76.8 Å². The van der Waals surface area contributed by atoms with Gasteiger partial charge in [-0.25, -0.2) is 8.78 Å². The van der Waals surface area contributed by atoms with Crippen LogP contribution in [0.3, 0.4) is 0 Å². The van der Waals surface area contributed by atoms with Gasteiger partial charge in [-0.1, -0.05) is 94.1 Å². The normalized spacial score (nSPS) is 21.3. The van der Waals surface area contributed by atoms with Gasteiger partial charge in [0.2, 0.25) is 0 Å². The quantitative estimate of drug-likeness (QED) is 0.345. The summed E-state index contributed by atoms with van der Waals surface area (Å²) < 4.78 is 31.9. The predicted octanol–water partition coefficient (Wildman–Crippen LogP) is 8.74. The minimum Gasteiger partial charge on any atom is -0.238 e. The highest BCUT2D eigenvalue weighted by molar-refractivity contribution is 5.80. The fraction of sp³-hybridized carbons (Fsp3) is 0.429. The Morgan fingerprint density at radius 1 is 0.833 bits per heavy atom. The number of halogens is 2. The van der Waals surface area contributed by atoms with E-state index in [9.17, 15) is 0 Å². The Kier molecular flexibility index (Phi) is 8.01. The van der Waals surface area contributed by atoms with Gasteiger partial charge in [0.15, 0.2) is 0 Å². The molecule has 0 N–H and O–H groups in total. The van der Waals surface area contributed by atoms with Crippen LogP contribution in [0.15, 0.2) is 72.6 Å². The van der Waals surface area contributed by atoms with Gasteiger partial charge in [-0.05, 0) is 54.5 Å². The zero-order valence-electron chi connectivity index (χ0n) is 18.3. The van der Waals surface area contributed by atoms with Crippen LogP contribution in [-0.2, 0) is 6.42 Å². The van der Waals surface area contributed by atoms with Crippen LogP contribution in [-0.4, -0.2) is 5.67 Å². The Morgan fingerprint density at radius 3 is 2.23 bits per heavy atom. The molecule has 0 amide bonds. The van der Waals surface area contributed by atoms with Crippen molar-refractivity contribution >= 4 is 5.57 Å². The topological polar surface area (TPSA) is 0 Å². The lowest BCUT2D eigenvalue weighted by molar-refractivity contribution is 0.182. The molecule has 0 fully saturated rings. The van der Waals surface area contributed by atoms with Gasteiger partial charge in [-0.15, -0.1) is 0 Å². The molecule has 0 saturated carbocycles. The minimum absolute atomic E-state index is 0.321. The minimum atomic E-state index is -1.59. The van der Waals surface area contributed by atoms with Crippen molar-refractivity contribution in [3.8, 4) is 0 Å². The molecule has 0 aliphatic heterocycles. The largest absolute Gasteiger partial charge is 0.238 e. The van der Waals surface area contributed by atoms with Gasteiger partial charge < -0.3 is 0 Å². The van der Waals surface area contributed by atoms with E-state index in [0.29, 0.717) is 12.0 Å². The summed E-state index contributed by atoms with van der Waals surface area (Å²) in [6, 6.07) is 17.4. The molecule has 2 atom stereocenters. The number of allylic oxidation sites excluding steroid dienone is 4. The molecular weight excluding hydrogens is 374 g/mol. The van der Waals surface area contributed by atoms with E-state index in [1.807, 2.05) is 48.5 Å². The highest BCUT2D eigenvalue weighted by Crippen LogP contribution is 2.47. The molecule has 0 bridgehead atoms. The van der Waals surface area contributed by atoms with Crippen LogP contribution in [0.1, 0.15) is 81.4 Å². The van der Waals surface area contributed by atoms with E-state index >= 15 is 8.78 Å². The average molecular weight is 409 g/mol. The molecule has 0 heterocycles. The molecule has 160 valence electrons. The van der Waals surface area contributed by atoms with E-state index in [0.717, 1.165) is 61.6 Å². The van der Waals surface area contributed by atoms with Gasteiger partial charge >= 0.3 is 0 Å². The monoisotopic (exact) mass is 408 g/mol. The summed E-state index contributed by atoms with van der Waals surface area (Å²) in [6.07, 6.45) is 10.6. The van der Waals surface area contributed by atoms with E-state index < -0.39 is 11.6 Å². The zero-order chi connectivity index (χ0) is 21.4. The lowest BCUT2D eigenvalue weighted by atomic mass is 9.73. The number of aryl methyl sites for hydroxylation is 1. The van der Waals surface area contributed by atoms with E-state index in [2.05, 4.69) is 19.9 Å². The third-order valence-corrected chi connectivity index (χ3v) is 6.16. The molecule has 0 radical (unpaired) electrons. The van der Waals surface area contributed by atoms with Crippen molar-refractivity contribution in [1.82, 2.24) is 0 Å². The maximum atomic E-state index is 16.6. The molecule has 3 rings (SSSR count). The Morgan fingerprint density at radius 2 is 1.50 bits per heavy atom. The van der Waals surface area contributed by atoms with Gasteiger partial charge in [0.25, 0.3) is 0 Å². The van der Waals surface area contributed by atoms with Crippen LogP contribution in [0.2, 0.25) is 0 Å². The van der Waals surface area contributed by atoms with Crippen molar-refractivity contribution in [3.05, 3.63) is 89.3 Å². The number of hydrogen-bond acceptors (Lipinski definition) is 0. The average Bonchev–Trinajstić information content (AvgIpc) is 2.77. The van der Waals surface area contributed by atoms with Crippen molar-refractivity contribution in [3.63, 3.8) is 0 Å². The molecule has 2 aromatic carbocycles. The maximum absolute atomic E-state index is 16.6. The Labute approximate surface area is 180 Å². The van der Waals surface area contributed by atoms with Crippen LogP contribution >= 0.6 is 0 Å². The molecule has 0 spiro atoms. The summed E-state index contributed by atoms with van der Waals surface area (Å²) in [7, 11) is 0. The zero-order valence-corrected chi connectivity index (χ0v) is 18.3. The number of alkyl halides is 1. The first-order valence-corrected chi connectivity index (χ1v) is 11.5. The second-order valence-electron chi connectivity index (χ2n) is 8.46. The first kappa shape index (κ1) is 22.5. The number of rotatable bonds is 10. The van der Waals surface area contributed by atoms with Crippen LogP contribution in [0.5, 0.6) is 0 Å². The van der Waals surface area contributed by atoms with Crippen molar-refractivity contribution in [2.24, 2.45) is 0 Å². The molecule has 30 heavy (non-hydrogen) atoms. The molecule has 2 unspecified atom stereocenters. The Bertz CT molecular complexity index is 865. The second kappa shape index (κ2) is 10.7. The lowest BCUT2D eigenvalue weighted by Crippen LogP contribution is -2.32. The summed E-state index contributed by atoms with van der Waals surface area (Å²) in [5.74, 6) is -0.905. The van der Waals surface area contributed by atoms with Crippen LogP contribution < -0.4 is 0 Å². The van der Waals surface area contributed by atoms with E-state index in [1.165, 1.54) is 6.08 Å². The molecule has 2 aromatic rings. The fourth-order valence-electron chi connectivity index (χ4n) is 4.46. The van der Waals surface area contributed by atoms with Gasteiger partial charge in [0.05, 0.1) is 0 Å². The highest BCUT2D eigenvalue weighted by atomic mass is 19.1. The van der Waals surface area contributed by atoms with Crippen LogP contribution in [0.25, 0.3) is 5.57 Å².